The van der Waals surface area contributed by atoms with Crippen LogP contribution in [0.2, 0.25) is 0 Å². The van der Waals surface area contributed by atoms with Gasteiger partial charge < -0.3 is 19.1 Å². The third kappa shape index (κ3) is 2.62. The molecule has 6 nitrogen and oxygen atoms in total. The fourth-order valence-corrected chi connectivity index (χ4v) is 3.06. The Kier molecular flexibility index (Phi) is 3.92. The normalized spacial score (nSPS) is 15.9. The van der Waals surface area contributed by atoms with Gasteiger partial charge in [0, 0.05) is 18.1 Å². The van der Waals surface area contributed by atoms with Gasteiger partial charge in [-0.25, -0.2) is 9.78 Å². The van der Waals surface area contributed by atoms with Gasteiger partial charge in [-0.2, -0.15) is 0 Å². The largest absolute Gasteiger partial charge is 0.493 e. The molecule has 0 radical (unpaired) electrons. The Morgan fingerprint density at radius 3 is 2.35 bits per heavy atom. The van der Waals surface area contributed by atoms with E-state index in [-0.39, 0.29) is 5.92 Å². The summed E-state index contributed by atoms with van der Waals surface area (Å²) in [5.74, 6) is 1.50. The van der Waals surface area contributed by atoms with Crippen LogP contribution in [0.15, 0.2) is 12.1 Å². The van der Waals surface area contributed by atoms with E-state index in [9.17, 15) is 9.90 Å². The average molecular weight is 318 g/mol. The quantitative estimate of drug-likeness (QED) is 0.885. The topological polar surface area (TPSA) is 73.6 Å². The van der Waals surface area contributed by atoms with Gasteiger partial charge >= 0.3 is 5.97 Å². The molecule has 0 bridgehead atoms. The number of carboxylic acid groups (broad SMARTS) is 1. The molecule has 6 heteroatoms. The molecule has 1 aliphatic rings. The number of hydrogen-bond acceptors (Lipinski definition) is 4. The lowest BCUT2D eigenvalue weighted by atomic mass is 10.0. The number of aliphatic carboxylic acids is 1. The monoisotopic (exact) mass is 318 g/mol. The highest BCUT2D eigenvalue weighted by molar-refractivity contribution is 5.84. The maximum atomic E-state index is 11.9. The van der Waals surface area contributed by atoms with Crippen molar-refractivity contribution < 1.29 is 19.4 Å². The second kappa shape index (κ2) is 5.76. The van der Waals surface area contributed by atoms with Crippen molar-refractivity contribution in [3.05, 3.63) is 18.0 Å². The molecular formula is C17H22N2O4. The fourth-order valence-electron chi connectivity index (χ4n) is 3.06. The lowest BCUT2D eigenvalue weighted by molar-refractivity contribution is -0.142. The predicted molar refractivity (Wildman–Crippen MR) is 86.3 cm³/mol. The molecule has 0 aliphatic heterocycles. The van der Waals surface area contributed by atoms with Gasteiger partial charge in [0.1, 0.15) is 11.9 Å². The summed E-state index contributed by atoms with van der Waals surface area (Å²) in [6.07, 6.45) is 2.12. The number of imidazole rings is 1. The van der Waals surface area contributed by atoms with Gasteiger partial charge in [-0.3, -0.25) is 0 Å². The molecule has 1 fully saturated rings. The molecule has 1 aromatic carbocycles. The van der Waals surface area contributed by atoms with Gasteiger partial charge in [-0.1, -0.05) is 13.8 Å². The third-order valence-corrected chi connectivity index (χ3v) is 4.33. The smallest absolute Gasteiger partial charge is 0.327 e. The Hall–Kier alpha value is -2.24. The van der Waals surface area contributed by atoms with Gasteiger partial charge in [-0.15, -0.1) is 0 Å². The van der Waals surface area contributed by atoms with Crippen LogP contribution in [0.4, 0.5) is 0 Å². The van der Waals surface area contributed by atoms with E-state index in [0.717, 1.165) is 29.7 Å². The van der Waals surface area contributed by atoms with E-state index in [1.54, 1.807) is 14.2 Å². The van der Waals surface area contributed by atoms with Crippen LogP contribution in [-0.2, 0) is 4.79 Å². The molecule has 1 N–H and O–H groups in total. The number of carboxylic acids is 1. The molecule has 1 aliphatic carbocycles. The molecule has 124 valence electrons. The van der Waals surface area contributed by atoms with Crippen LogP contribution >= 0.6 is 0 Å². The van der Waals surface area contributed by atoms with Crippen molar-refractivity contribution in [2.24, 2.45) is 5.92 Å². The fraction of sp³-hybridized carbons (Fsp3) is 0.529. The van der Waals surface area contributed by atoms with E-state index in [2.05, 4.69) is 0 Å². The molecule has 0 spiro atoms. The van der Waals surface area contributed by atoms with Crippen molar-refractivity contribution >= 4 is 17.0 Å². The number of aromatic nitrogens is 2. The zero-order valence-corrected chi connectivity index (χ0v) is 13.9. The van der Waals surface area contributed by atoms with Gasteiger partial charge in [0.2, 0.25) is 0 Å². The van der Waals surface area contributed by atoms with Crippen LogP contribution in [0.3, 0.4) is 0 Å². The molecule has 1 aromatic heterocycles. The van der Waals surface area contributed by atoms with Crippen molar-refractivity contribution in [1.29, 1.82) is 0 Å². The summed E-state index contributed by atoms with van der Waals surface area (Å²) in [7, 11) is 3.15. The minimum atomic E-state index is -0.837. The first kappa shape index (κ1) is 15.6. The first-order valence-corrected chi connectivity index (χ1v) is 7.84. The van der Waals surface area contributed by atoms with Gasteiger partial charge in [0.25, 0.3) is 0 Å². The van der Waals surface area contributed by atoms with Crippen LogP contribution in [0, 0.1) is 5.92 Å². The molecule has 23 heavy (non-hydrogen) atoms. The van der Waals surface area contributed by atoms with Crippen LogP contribution in [0.1, 0.15) is 44.5 Å². The zero-order valence-electron chi connectivity index (χ0n) is 13.9. The summed E-state index contributed by atoms with van der Waals surface area (Å²) < 4.78 is 12.6. The van der Waals surface area contributed by atoms with Gasteiger partial charge in [-0.05, 0) is 18.8 Å². The minimum Gasteiger partial charge on any atom is -0.493 e. The van der Waals surface area contributed by atoms with Crippen LogP contribution in [-0.4, -0.2) is 34.8 Å². The van der Waals surface area contributed by atoms with Gasteiger partial charge in [0.05, 0.1) is 25.3 Å². The Labute approximate surface area is 135 Å². The molecule has 1 heterocycles. The number of methoxy groups -OCH3 is 2. The second-order valence-corrected chi connectivity index (χ2v) is 6.34. The average Bonchev–Trinajstić information content (AvgIpc) is 3.29. The van der Waals surface area contributed by atoms with E-state index in [1.165, 1.54) is 0 Å². The lowest BCUT2D eigenvalue weighted by Gasteiger charge is -2.21. The van der Waals surface area contributed by atoms with Crippen LogP contribution < -0.4 is 9.47 Å². The minimum absolute atomic E-state index is 0.0458. The van der Waals surface area contributed by atoms with Crippen molar-refractivity contribution in [2.45, 2.75) is 38.6 Å². The third-order valence-electron chi connectivity index (χ3n) is 4.33. The van der Waals surface area contributed by atoms with Crippen molar-refractivity contribution in [2.75, 3.05) is 14.2 Å². The van der Waals surface area contributed by atoms with E-state index in [4.69, 9.17) is 14.5 Å². The molecule has 1 saturated carbocycles. The van der Waals surface area contributed by atoms with E-state index in [1.807, 2.05) is 30.5 Å². The number of fused-ring (bicyclic) bond motifs is 1. The predicted octanol–water partition coefficient (Wildman–Crippen LogP) is 3.21. The molecule has 3 rings (SSSR count). The number of ether oxygens (including phenoxy) is 2. The summed E-state index contributed by atoms with van der Waals surface area (Å²) in [6, 6.07) is 3.00. The molecular weight excluding hydrogens is 296 g/mol. The Morgan fingerprint density at radius 1 is 1.26 bits per heavy atom. The number of nitrogens with zero attached hydrogens (tertiary/aromatic N) is 2. The Balaban J connectivity index is 2.28. The maximum Gasteiger partial charge on any atom is 0.327 e. The highest BCUT2D eigenvalue weighted by Gasteiger charge is 2.35. The van der Waals surface area contributed by atoms with Crippen molar-refractivity contribution in [3.63, 3.8) is 0 Å². The second-order valence-electron chi connectivity index (χ2n) is 6.34. The van der Waals surface area contributed by atoms with Crippen molar-refractivity contribution in [1.82, 2.24) is 9.55 Å². The highest BCUT2D eigenvalue weighted by Crippen LogP contribution is 2.44. The molecule has 0 saturated heterocycles. The molecule has 2 aromatic rings. The standard InChI is InChI=1S/C17H22N2O4/c1-9(2)15(17(20)21)19-12-8-14(23-4)13(22-3)7-11(12)18-16(19)10-5-6-10/h7-10,15H,5-6H2,1-4H3,(H,20,21). The summed E-state index contributed by atoms with van der Waals surface area (Å²) in [5, 5.41) is 9.72. The summed E-state index contributed by atoms with van der Waals surface area (Å²) >= 11 is 0. The first-order chi connectivity index (χ1) is 11.0. The highest BCUT2D eigenvalue weighted by atomic mass is 16.5. The van der Waals surface area contributed by atoms with Crippen LogP contribution in [0.25, 0.3) is 11.0 Å². The maximum absolute atomic E-state index is 11.9. The Bertz CT molecular complexity index is 747. The van der Waals surface area contributed by atoms with E-state index in [0.29, 0.717) is 17.4 Å². The number of rotatable bonds is 6. The summed E-state index contributed by atoms with van der Waals surface area (Å²) in [6.45, 7) is 3.84. The van der Waals surface area contributed by atoms with Gasteiger partial charge in [0.15, 0.2) is 11.5 Å². The van der Waals surface area contributed by atoms with E-state index < -0.39 is 12.0 Å². The molecule has 1 unspecified atom stereocenters. The SMILES string of the molecule is COc1cc2nc(C3CC3)n(C(C(=O)O)C(C)C)c2cc1OC. The van der Waals surface area contributed by atoms with Crippen LogP contribution in [0.5, 0.6) is 11.5 Å². The number of hydrogen-bond donors (Lipinski definition) is 1. The number of carbonyl (C=O) groups is 1. The first-order valence-electron chi connectivity index (χ1n) is 7.84. The van der Waals surface area contributed by atoms with E-state index >= 15 is 0 Å². The Morgan fingerprint density at radius 2 is 1.87 bits per heavy atom. The lowest BCUT2D eigenvalue weighted by Crippen LogP contribution is -2.25. The summed E-state index contributed by atoms with van der Waals surface area (Å²) in [5.41, 5.74) is 1.53. The molecule has 1 atom stereocenters. The zero-order chi connectivity index (χ0) is 16.7. The number of benzene rings is 1. The molecule has 0 amide bonds. The summed E-state index contributed by atoms with van der Waals surface area (Å²) in [4.78, 5) is 16.6. The van der Waals surface area contributed by atoms with Crippen molar-refractivity contribution in [3.8, 4) is 11.5 Å².